The summed E-state index contributed by atoms with van der Waals surface area (Å²) in [5.74, 6) is -0.564. The van der Waals surface area contributed by atoms with E-state index in [0.29, 0.717) is 18.5 Å². The van der Waals surface area contributed by atoms with Gasteiger partial charge in [0.1, 0.15) is 5.82 Å². The van der Waals surface area contributed by atoms with E-state index >= 15 is 0 Å². The molecule has 24 heavy (non-hydrogen) atoms. The summed E-state index contributed by atoms with van der Waals surface area (Å²) in [6, 6.07) is 11.5. The first-order chi connectivity index (χ1) is 11.5. The van der Waals surface area contributed by atoms with Crippen molar-refractivity contribution in [1.82, 2.24) is 14.3 Å². The maximum atomic E-state index is 13.3. The van der Waals surface area contributed by atoms with Crippen molar-refractivity contribution in [1.29, 1.82) is 0 Å². The Kier molecular flexibility index (Phi) is 4.64. The number of rotatable bonds is 6. The number of aromatic nitrogens is 2. The van der Waals surface area contributed by atoms with Crippen molar-refractivity contribution in [3.8, 4) is 0 Å². The van der Waals surface area contributed by atoms with Crippen LogP contribution in [0.3, 0.4) is 0 Å². The average molecular weight is 347 g/mol. The Morgan fingerprint density at radius 2 is 2.00 bits per heavy atom. The lowest BCUT2D eigenvalue weighted by Crippen LogP contribution is -2.26. The fraction of sp³-hybridized carbons (Fsp3) is 0.235. The van der Waals surface area contributed by atoms with E-state index in [-0.39, 0.29) is 11.4 Å². The van der Waals surface area contributed by atoms with E-state index < -0.39 is 15.8 Å². The molecule has 2 aromatic carbocycles. The molecule has 1 N–H and O–H groups in total. The molecule has 0 bridgehead atoms. The van der Waals surface area contributed by atoms with Gasteiger partial charge in [0.05, 0.1) is 22.3 Å². The lowest BCUT2D eigenvalue weighted by Gasteiger charge is -2.10. The van der Waals surface area contributed by atoms with Gasteiger partial charge in [0.2, 0.25) is 10.0 Å². The molecule has 0 aliphatic heterocycles. The Balaban J connectivity index is 1.62. The molecule has 5 nitrogen and oxygen atoms in total. The second kappa shape index (κ2) is 6.70. The van der Waals surface area contributed by atoms with Crippen LogP contribution in [0.5, 0.6) is 0 Å². The fourth-order valence-corrected chi connectivity index (χ4v) is 3.91. The molecule has 0 radical (unpaired) electrons. The summed E-state index contributed by atoms with van der Waals surface area (Å²) in [7, 11) is -3.71. The summed E-state index contributed by atoms with van der Waals surface area (Å²) in [6.07, 6.45) is 2.35. The molecule has 0 saturated carbocycles. The van der Waals surface area contributed by atoms with E-state index in [0.717, 1.165) is 17.1 Å². The molecule has 0 fully saturated rings. The highest BCUT2D eigenvalue weighted by Gasteiger charge is 2.17. The van der Waals surface area contributed by atoms with Crippen LogP contribution in [0, 0.1) is 12.7 Å². The number of hydrogen-bond donors (Lipinski definition) is 1. The molecule has 0 atom stereocenters. The van der Waals surface area contributed by atoms with E-state index in [1.165, 1.54) is 12.1 Å². The summed E-state index contributed by atoms with van der Waals surface area (Å²) < 4.78 is 42.4. The van der Waals surface area contributed by atoms with Gasteiger partial charge in [-0.3, -0.25) is 0 Å². The fourth-order valence-electron chi connectivity index (χ4n) is 2.59. The molecule has 7 heteroatoms. The second-order valence-electron chi connectivity index (χ2n) is 5.59. The molecule has 0 unspecified atom stereocenters. The molecule has 0 aliphatic carbocycles. The summed E-state index contributed by atoms with van der Waals surface area (Å²) >= 11 is 0. The minimum absolute atomic E-state index is 0.0180. The number of halogens is 1. The zero-order chi connectivity index (χ0) is 17.2. The smallest absolute Gasteiger partial charge is 0.240 e. The van der Waals surface area contributed by atoms with Crippen LogP contribution in [0.25, 0.3) is 11.0 Å². The van der Waals surface area contributed by atoms with Gasteiger partial charge in [-0.05, 0) is 43.2 Å². The van der Waals surface area contributed by atoms with Gasteiger partial charge in [0, 0.05) is 13.1 Å². The molecule has 0 aliphatic rings. The van der Waals surface area contributed by atoms with E-state index in [1.807, 2.05) is 28.8 Å². The minimum atomic E-state index is -3.71. The topological polar surface area (TPSA) is 64.0 Å². The minimum Gasteiger partial charge on any atom is -0.331 e. The maximum Gasteiger partial charge on any atom is 0.240 e. The molecular weight excluding hydrogens is 329 g/mol. The third-order valence-corrected chi connectivity index (χ3v) is 5.44. The number of nitrogens with zero attached hydrogens (tertiary/aromatic N) is 2. The summed E-state index contributed by atoms with van der Waals surface area (Å²) in [5.41, 5.74) is 2.44. The van der Waals surface area contributed by atoms with E-state index in [4.69, 9.17) is 0 Å². The molecule has 0 saturated heterocycles. The molecule has 1 aromatic heterocycles. The molecule has 3 aromatic rings. The number of para-hydroxylation sites is 2. The largest absolute Gasteiger partial charge is 0.331 e. The maximum absolute atomic E-state index is 13.3. The Morgan fingerprint density at radius 1 is 1.21 bits per heavy atom. The van der Waals surface area contributed by atoms with Crippen LogP contribution in [0.4, 0.5) is 4.39 Å². The van der Waals surface area contributed by atoms with Crippen LogP contribution < -0.4 is 4.72 Å². The van der Waals surface area contributed by atoms with E-state index in [1.54, 1.807) is 13.3 Å². The quantitative estimate of drug-likeness (QED) is 0.698. The Hall–Kier alpha value is -2.25. The lowest BCUT2D eigenvalue weighted by atomic mass is 10.2. The van der Waals surface area contributed by atoms with Crippen LogP contribution in [-0.2, 0) is 16.6 Å². The van der Waals surface area contributed by atoms with E-state index in [9.17, 15) is 12.8 Å². The van der Waals surface area contributed by atoms with Gasteiger partial charge >= 0.3 is 0 Å². The molecule has 3 rings (SSSR count). The monoisotopic (exact) mass is 347 g/mol. The van der Waals surface area contributed by atoms with Crippen molar-refractivity contribution in [2.24, 2.45) is 0 Å². The van der Waals surface area contributed by atoms with Crippen LogP contribution in [0.1, 0.15) is 12.0 Å². The zero-order valence-corrected chi connectivity index (χ0v) is 14.1. The first kappa shape index (κ1) is 16.6. The van der Waals surface area contributed by atoms with Gasteiger partial charge in [-0.2, -0.15) is 0 Å². The van der Waals surface area contributed by atoms with Crippen LogP contribution >= 0.6 is 0 Å². The van der Waals surface area contributed by atoms with Gasteiger partial charge in [-0.1, -0.05) is 18.2 Å². The Morgan fingerprint density at radius 3 is 2.83 bits per heavy atom. The molecule has 126 valence electrons. The van der Waals surface area contributed by atoms with Crippen molar-refractivity contribution < 1.29 is 12.8 Å². The van der Waals surface area contributed by atoms with Gasteiger partial charge in [0.15, 0.2) is 0 Å². The number of benzene rings is 2. The standard InChI is InChI=1S/C17H18FN3O2S/c1-13-7-8-14(18)11-17(13)24(22,23)20-9-4-10-21-12-19-15-5-2-3-6-16(15)21/h2-3,5-8,11-12,20H,4,9-10H2,1H3. The lowest BCUT2D eigenvalue weighted by molar-refractivity contribution is 0.568. The van der Waals surface area contributed by atoms with Gasteiger partial charge in [-0.25, -0.2) is 22.5 Å². The Bertz CT molecular complexity index is 967. The van der Waals surface area contributed by atoms with Gasteiger partial charge in [0.25, 0.3) is 0 Å². The third kappa shape index (κ3) is 3.47. The number of aryl methyl sites for hydroxylation is 2. The number of nitrogens with one attached hydrogen (secondary N) is 1. The predicted molar refractivity (Wildman–Crippen MR) is 90.7 cm³/mol. The predicted octanol–water partition coefficient (Wildman–Crippen LogP) is 2.85. The van der Waals surface area contributed by atoms with Gasteiger partial charge < -0.3 is 4.57 Å². The van der Waals surface area contributed by atoms with Crippen molar-refractivity contribution in [3.63, 3.8) is 0 Å². The van der Waals surface area contributed by atoms with E-state index in [2.05, 4.69) is 9.71 Å². The molecular formula is C17H18FN3O2S. The third-order valence-electron chi connectivity index (χ3n) is 3.83. The number of sulfonamides is 1. The van der Waals surface area contributed by atoms with Crippen LogP contribution in [0.2, 0.25) is 0 Å². The van der Waals surface area contributed by atoms with Crippen molar-refractivity contribution >= 4 is 21.1 Å². The first-order valence-electron chi connectivity index (χ1n) is 7.63. The summed E-state index contributed by atoms with van der Waals surface area (Å²) in [5, 5.41) is 0. The van der Waals surface area contributed by atoms with Crippen molar-refractivity contribution in [2.45, 2.75) is 24.8 Å². The first-order valence-corrected chi connectivity index (χ1v) is 9.11. The highest BCUT2D eigenvalue weighted by atomic mass is 32.2. The number of imidazole rings is 1. The number of hydrogen-bond acceptors (Lipinski definition) is 3. The second-order valence-corrected chi connectivity index (χ2v) is 7.32. The number of fused-ring (bicyclic) bond motifs is 1. The summed E-state index contributed by atoms with van der Waals surface area (Å²) in [4.78, 5) is 4.28. The average Bonchev–Trinajstić information content (AvgIpc) is 2.97. The van der Waals surface area contributed by atoms with Crippen molar-refractivity contribution in [2.75, 3.05) is 6.54 Å². The zero-order valence-electron chi connectivity index (χ0n) is 13.2. The normalized spacial score (nSPS) is 11.9. The van der Waals surface area contributed by atoms with Crippen LogP contribution in [0.15, 0.2) is 53.7 Å². The molecule has 0 amide bonds. The molecule has 1 heterocycles. The highest BCUT2D eigenvalue weighted by molar-refractivity contribution is 7.89. The van der Waals surface area contributed by atoms with Crippen LogP contribution in [-0.4, -0.2) is 24.5 Å². The van der Waals surface area contributed by atoms with Gasteiger partial charge in [-0.15, -0.1) is 0 Å². The Labute approximate surface area is 140 Å². The highest BCUT2D eigenvalue weighted by Crippen LogP contribution is 2.16. The summed E-state index contributed by atoms with van der Waals surface area (Å²) in [6.45, 7) is 2.56. The van der Waals surface area contributed by atoms with Crippen molar-refractivity contribution in [3.05, 3.63) is 60.2 Å². The molecule has 0 spiro atoms. The SMILES string of the molecule is Cc1ccc(F)cc1S(=O)(=O)NCCCn1cnc2ccccc21.